The van der Waals surface area contributed by atoms with E-state index in [4.69, 9.17) is 5.73 Å². The van der Waals surface area contributed by atoms with Gasteiger partial charge in [-0.05, 0) is 17.2 Å². The molecular formula is C10H9N3O2. The lowest BCUT2D eigenvalue weighted by Crippen LogP contribution is -2.05. The summed E-state index contributed by atoms with van der Waals surface area (Å²) in [6.07, 6.45) is 0. The summed E-state index contributed by atoms with van der Waals surface area (Å²) in [7, 11) is 0. The van der Waals surface area contributed by atoms with E-state index in [9.17, 15) is 4.79 Å². The fourth-order valence-electron chi connectivity index (χ4n) is 1.19. The highest BCUT2D eigenvalue weighted by atomic mass is 16.6. The highest BCUT2D eigenvalue weighted by Gasteiger charge is 2.17. The van der Waals surface area contributed by atoms with E-state index in [1.165, 1.54) is 0 Å². The minimum absolute atomic E-state index is 0.0144. The lowest BCUT2D eigenvalue weighted by Gasteiger charge is -1.97. The Bertz CT molecular complexity index is 488. The predicted octanol–water partition coefficient (Wildman–Crippen LogP) is 1.19. The standard InChI is InChI=1S/C10H9N3O2/c1-6-2-4-7(5-3-6)9(14)8-10(11)13-15-12-8/h2-5H,1H3,(H2,11,13). The maximum atomic E-state index is 11.8. The summed E-state index contributed by atoms with van der Waals surface area (Å²) in [5.41, 5.74) is 7.07. The van der Waals surface area contributed by atoms with Crippen LogP contribution >= 0.6 is 0 Å². The van der Waals surface area contributed by atoms with Crippen molar-refractivity contribution in [1.29, 1.82) is 0 Å². The Morgan fingerprint density at radius 3 is 2.47 bits per heavy atom. The molecule has 0 saturated carbocycles. The van der Waals surface area contributed by atoms with E-state index >= 15 is 0 Å². The van der Waals surface area contributed by atoms with Gasteiger partial charge in [0.15, 0.2) is 11.5 Å². The number of anilines is 1. The zero-order valence-corrected chi connectivity index (χ0v) is 8.10. The number of hydrogen-bond acceptors (Lipinski definition) is 5. The molecule has 0 aliphatic carbocycles. The van der Waals surface area contributed by atoms with Gasteiger partial charge in [0, 0.05) is 5.56 Å². The van der Waals surface area contributed by atoms with Crippen LogP contribution in [0, 0.1) is 6.92 Å². The second kappa shape index (κ2) is 3.53. The average Bonchev–Trinajstić information content (AvgIpc) is 2.65. The number of benzene rings is 1. The highest BCUT2D eigenvalue weighted by Crippen LogP contribution is 2.12. The van der Waals surface area contributed by atoms with Crippen molar-refractivity contribution in [2.45, 2.75) is 6.92 Å². The zero-order valence-electron chi connectivity index (χ0n) is 8.10. The lowest BCUT2D eigenvalue weighted by molar-refractivity contribution is 0.103. The first kappa shape index (κ1) is 9.39. The number of ketones is 1. The summed E-state index contributed by atoms with van der Waals surface area (Å²) in [5, 5.41) is 6.81. The molecule has 0 radical (unpaired) electrons. The fourth-order valence-corrected chi connectivity index (χ4v) is 1.19. The Balaban J connectivity index is 2.37. The van der Waals surface area contributed by atoms with Gasteiger partial charge >= 0.3 is 0 Å². The Morgan fingerprint density at radius 2 is 1.93 bits per heavy atom. The number of nitrogen functional groups attached to an aromatic ring is 1. The monoisotopic (exact) mass is 203 g/mol. The largest absolute Gasteiger partial charge is 0.379 e. The molecule has 1 heterocycles. The average molecular weight is 203 g/mol. The molecule has 0 saturated heterocycles. The molecule has 76 valence electrons. The quantitative estimate of drug-likeness (QED) is 0.741. The number of nitrogens with zero attached hydrogens (tertiary/aromatic N) is 2. The summed E-state index contributed by atoms with van der Waals surface area (Å²) in [5.74, 6) is -0.269. The molecular weight excluding hydrogens is 194 g/mol. The van der Waals surface area contributed by atoms with Gasteiger partial charge in [-0.1, -0.05) is 29.8 Å². The lowest BCUT2D eigenvalue weighted by atomic mass is 10.1. The van der Waals surface area contributed by atoms with Gasteiger partial charge in [0.2, 0.25) is 5.78 Å². The van der Waals surface area contributed by atoms with Gasteiger partial charge in [0.1, 0.15) is 0 Å². The third kappa shape index (κ3) is 1.71. The van der Waals surface area contributed by atoms with Crippen LogP contribution in [0.3, 0.4) is 0 Å². The number of rotatable bonds is 2. The maximum Gasteiger partial charge on any atom is 0.218 e. The number of hydrogen-bond donors (Lipinski definition) is 1. The van der Waals surface area contributed by atoms with E-state index in [2.05, 4.69) is 14.9 Å². The topological polar surface area (TPSA) is 82.0 Å². The van der Waals surface area contributed by atoms with E-state index in [0.29, 0.717) is 5.56 Å². The molecule has 0 unspecified atom stereocenters. The second-order valence-corrected chi connectivity index (χ2v) is 3.19. The number of aryl methyl sites for hydroxylation is 1. The van der Waals surface area contributed by atoms with Crippen molar-refractivity contribution in [3.63, 3.8) is 0 Å². The first-order valence-corrected chi connectivity index (χ1v) is 4.38. The zero-order chi connectivity index (χ0) is 10.8. The normalized spacial score (nSPS) is 10.2. The molecule has 2 rings (SSSR count). The molecule has 0 aliphatic heterocycles. The van der Waals surface area contributed by atoms with Crippen LogP contribution in [0.15, 0.2) is 28.9 Å². The molecule has 0 fully saturated rings. The van der Waals surface area contributed by atoms with Crippen molar-refractivity contribution >= 4 is 11.6 Å². The summed E-state index contributed by atoms with van der Waals surface area (Å²) >= 11 is 0. The van der Waals surface area contributed by atoms with E-state index in [1.807, 2.05) is 19.1 Å². The van der Waals surface area contributed by atoms with Gasteiger partial charge in [-0.15, -0.1) is 0 Å². The predicted molar refractivity (Wildman–Crippen MR) is 53.3 cm³/mol. The molecule has 5 heteroatoms. The molecule has 0 amide bonds. The first-order chi connectivity index (χ1) is 7.18. The number of carbonyl (C=O) groups is 1. The van der Waals surface area contributed by atoms with Gasteiger partial charge in [-0.2, -0.15) is 0 Å². The van der Waals surface area contributed by atoms with Crippen LogP contribution in [0.1, 0.15) is 21.6 Å². The molecule has 5 nitrogen and oxygen atoms in total. The van der Waals surface area contributed by atoms with Crippen molar-refractivity contribution < 1.29 is 9.42 Å². The molecule has 15 heavy (non-hydrogen) atoms. The van der Waals surface area contributed by atoms with Crippen LogP contribution in [0.2, 0.25) is 0 Å². The molecule has 1 aromatic heterocycles. The first-order valence-electron chi connectivity index (χ1n) is 4.38. The Morgan fingerprint density at radius 1 is 1.27 bits per heavy atom. The van der Waals surface area contributed by atoms with Gasteiger partial charge in [-0.3, -0.25) is 4.79 Å². The molecule has 0 atom stereocenters. The Kier molecular flexibility index (Phi) is 2.21. The van der Waals surface area contributed by atoms with Crippen LogP contribution < -0.4 is 5.73 Å². The van der Waals surface area contributed by atoms with Crippen LogP contribution in [-0.4, -0.2) is 16.1 Å². The maximum absolute atomic E-state index is 11.8. The van der Waals surface area contributed by atoms with Crippen molar-refractivity contribution in [1.82, 2.24) is 10.3 Å². The minimum atomic E-state index is -0.284. The summed E-state index contributed by atoms with van der Waals surface area (Å²) in [6, 6.07) is 7.12. The number of aromatic nitrogens is 2. The van der Waals surface area contributed by atoms with E-state index in [1.54, 1.807) is 12.1 Å². The number of nitrogens with two attached hydrogens (primary N) is 1. The fraction of sp³-hybridized carbons (Fsp3) is 0.100. The Hall–Kier alpha value is -2.17. The molecule has 2 aromatic rings. The van der Waals surface area contributed by atoms with Crippen molar-refractivity contribution in [3.8, 4) is 0 Å². The van der Waals surface area contributed by atoms with Gasteiger partial charge < -0.3 is 5.73 Å². The van der Waals surface area contributed by atoms with Crippen LogP contribution in [0.25, 0.3) is 0 Å². The van der Waals surface area contributed by atoms with E-state index < -0.39 is 0 Å². The highest BCUT2D eigenvalue weighted by molar-refractivity contribution is 6.10. The molecule has 0 spiro atoms. The molecule has 0 bridgehead atoms. The molecule has 2 N–H and O–H groups in total. The third-order valence-electron chi connectivity index (χ3n) is 2.04. The van der Waals surface area contributed by atoms with Crippen molar-refractivity contribution in [2.24, 2.45) is 0 Å². The van der Waals surface area contributed by atoms with Gasteiger partial charge in [0.05, 0.1) is 0 Å². The minimum Gasteiger partial charge on any atom is -0.379 e. The van der Waals surface area contributed by atoms with Crippen LogP contribution in [0.4, 0.5) is 5.82 Å². The van der Waals surface area contributed by atoms with Crippen molar-refractivity contribution in [2.75, 3.05) is 5.73 Å². The SMILES string of the molecule is Cc1ccc(C(=O)c2nonc2N)cc1. The van der Waals surface area contributed by atoms with Crippen LogP contribution in [0.5, 0.6) is 0 Å². The molecule has 0 aliphatic rings. The van der Waals surface area contributed by atoms with Crippen LogP contribution in [-0.2, 0) is 0 Å². The smallest absolute Gasteiger partial charge is 0.218 e. The third-order valence-corrected chi connectivity index (χ3v) is 2.04. The van der Waals surface area contributed by atoms with E-state index in [0.717, 1.165) is 5.56 Å². The van der Waals surface area contributed by atoms with Crippen molar-refractivity contribution in [3.05, 3.63) is 41.1 Å². The summed E-state index contributed by atoms with van der Waals surface area (Å²) in [6.45, 7) is 1.94. The second-order valence-electron chi connectivity index (χ2n) is 3.19. The van der Waals surface area contributed by atoms with Gasteiger partial charge in [0.25, 0.3) is 0 Å². The molecule has 1 aromatic carbocycles. The van der Waals surface area contributed by atoms with E-state index in [-0.39, 0.29) is 17.3 Å². The summed E-state index contributed by atoms with van der Waals surface area (Å²) in [4.78, 5) is 11.8. The summed E-state index contributed by atoms with van der Waals surface area (Å²) < 4.78 is 4.37. The number of carbonyl (C=O) groups excluding carboxylic acids is 1. The Labute approximate surface area is 85.9 Å². The van der Waals surface area contributed by atoms with Gasteiger partial charge in [-0.25, -0.2) is 4.63 Å².